The summed E-state index contributed by atoms with van der Waals surface area (Å²) in [7, 11) is 6.37. The zero-order chi connectivity index (χ0) is 24.8. The second-order valence-corrected chi connectivity index (χ2v) is 8.30. The Morgan fingerprint density at radius 2 is 1.71 bits per heavy atom. The van der Waals surface area contributed by atoms with E-state index >= 15 is 0 Å². The van der Waals surface area contributed by atoms with Crippen molar-refractivity contribution < 1.29 is 23.8 Å². The summed E-state index contributed by atoms with van der Waals surface area (Å²) in [4.78, 5) is 27.1. The highest BCUT2D eigenvalue weighted by molar-refractivity contribution is 6.03. The standard InChI is InChI=1S/C25H32N4O5/c1-16(2)26-25(31)28(3)15-24(30)29-22(20-13-19(33-5)11-12-23(20)34-6)14-21(27-29)17-7-9-18(32-4)10-8-17/h7-13,16,22H,14-15H2,1-6H3,(H,26,31)/t22-/m0/s1. The van der Waals surface area contributed by atoms with E-state index in [0.717, 1.165) is 22.6 Å². The number of amides is 3. The lowest BCUT2D eigenvalue weighted by molar-refractivity contribution is -0.133. The summed E-state index contributed by atoms with van der Waals surface area (Å²) in [5.41, 5.74) is 2.41. The van der Waals surface area contributed by atoms with Crippen LogP contribution in [0.2, 0.25) is 0 Å². The van der Waals surface area contributed by atoms with Crippen LogP contribution in [0.4, 0.5) is 4.79 Å². The highest BCUT2D eigenvalue weighted by atomic mass is 16.5. The van der Waals surface area contributed by atoms with E-state index in [1.54, 1.807) is 34.4 Å². The Labute approximate surface area is 200 Å². The number of methoxy groups -OCH3 is 3. The molecule has 1 N–H and O–H groups in total. The largest absolute Gasteiger partial charge is 0.497 e. The van der Waals surface area contributed by atoms with Crippen LogP contribution in [0.5, 0.6) is 17.2 Å². The second-order valence-electron chi connectivity index (χ2n) is 8.30. The monoisotopic (exact) mass is 468 g/mol. The third kappa shape index (κ3) is 5.59. The van der Waals surface area contributed by atoms with Crippen LogP contribution in [-0.4, -0.2) is 68.5 Å². The summed E-state index contributed by atoms with van der Waals surface area (Å²) < 4.78 is 16.2. The van der Waals surface area contributed by atoms with Crippen molar-refractivity contribution in [2.45, 2.75) is 32.4 Å². The Balaban J connectivity index is 1.95. The van der Waals surface area contributed by atoms with Crippen LogP contribution in [0.25, 0.3) is 0 Å². The molecule has 0 aromatic heterocycles. The van der Waals surface area contributed by atoms with Gasteiger partial charge < -0.3 is 24.4 Å². The maximum Gasteiger partial charge on any atom is 0.317 e. The minimum absolute atomic E-state index is 0.0367. The Hall–Kier alpha value is -3.75. The van der Waals surface area contributed by atoms with Crippen LogP contribution in [0.3, 0.4) is 0 Å². The van der Waals surface area contributed by atoms with Gasteiger partial charge in [-0.2, -0.15) is 5.10 Å². The second kappa shape index (κ2) is 10.9. The van der Waals surface area contributed by atoms with E-state index in [9.17, 15) is 9.59 Å². The lowest BCUT2D eigenvalue weighted by atomic mass is 9.97. The van der Waals surface area contributed by atoms with Gasteiger partial charge in [-0.1, -0.05) is 0 Å². The van der Waals surface area contributed by atoms with Crippen LogP contribution in [0.1, 0.15) is 37.4 Å². The number of nitrogens with one attached hydrogen (secondary N) is 1. The van der Waals surface area contributed by atoms with Crippen LogP contribution in [-0.2, 0) is 4.79 Å². The Morgan fingerprint density at radius 1 is 1.06 bits per heavy atom. The first-order valence-electron chi connectivity index (χ1n) is 11.0. The van der Waals surface area contributed by atoms with Crippen molar-refractivity contribution in [3.05, 3.63) is 53.6 Å². The molecular weight excluding hydrogens is 436 g/mol. The molecule has 0 radical (unpaired) electrons. The van der Waals surface area contributed by atoms with Gasteiger partial charge in [-0.05, 0) is 61.9 Å². The molecule has 0 unspecified atom stereocenters. The predicted molar refractivity (Wildman–Crippen MR) is 130 cm³/mol. The maximum absolute atomic E-state index is 13.4. The number of hydrogen-bond donors (Lipinski definition) is 1. The summed E-state index contributed by atoms with van der Waals surface area (Å²) >= 11 is 0. The molecule has 2 aromatic rings. The molecule has 0 fully saturated rings. The number of carbonyl (C=O) groups is 2. The molecule has 0 saturated carbocycles. The SMILES string of the molecule is COc1ccc(C2=NN(C(=O)CN(C)C(=O)NC(C)C)[C@H](c3cc(OC)ccc3OC)C2)cc1. The van der Waals surface area contributed by atoms with Crippen LogP contribution < -0.4 is 19.5 Å². The number of hydrazone groups is 1. The predicted octanol–water partition coefficient (Wildman–Crippen LogP) is 3.44. The number of hydrogen-bond acceptors (Lipinski definition) is 6. The average molecular weight is 469 g/mol. The molecule has 3 rings (SSSR count). The molecule has 9 nitrogen and oxygen atoms in total. The van der Waals surface area contributed by atoms with Gasteiger partial charge in [0.2, 0.25) is 0 Å². The first kappa shape index (κ1) is 24.9. The minimum atomic E-state index is -0.420. The number of ether oxygens (including phenoxy) is 3. The van der Waals surface area contributed by atoms with Gasteiger partial charge in [0.05, 0.1) is 33.1 Å². The fourth-order valence-electron chi connectivity index (χ4n) is 3.74. The quantitative estimate of drug-likeness (QED) is 0.641. The molecular formula is C25H32N4O5. The van der Waals surface area contributed by atoms with Crippen molar-refractivity contribution in [3.8, 4) is 17.2 Å². The minimum Gasteiger partial charge on any atom is -0.497 e. The van der Waals surface area contributed by atoms with Gasteiger partial charge in [0.25, 0.3) is 5.91 Å². The molecule has 0 bridgehead atoms. The number of carbonyl (C=O) groups excluding carboxylic acids is 2. The van der Waals surface area contributed by atoms with Crippen molar-refractivity contribution >= 4 is 17.6 Å². The number of likely N-dealkylation sites (N-methyl/N-ethyl adjacent to an activating group) is 1. The fraction of sp³-hybridized carbons (Fsp3) is 0.400. The molecule has 182 valence electrons. The zero-order valence-electron chi connectivity index (χ0n) is 20.5. The number of nitrogens with zero attached hydrogens (tertiary/aromatic N) is 3. The molecule has 0 aliphatic carbocycles. The van der Waals surface area contributed by atoms with E-state index in [1.807, 2.05) is 50.2 Å². The molecule has 1 atom stereocenters. The summed E-state index contributed by atoms with van der Waals surface area (Å²) in [6.07, 6.45) is 0.476. The Bertz CT molecular complexity index is 1050. The smallest absolute Gasteiger partial charge is 0.317 e. The molecule has 3 amide bonds. The van der Waals surface area contributed by atoms with E-state index in [-0.39, 0.29) is 24.5 Å². The lowest BCUT2D eigenvalue weighted by Gasteiger charge is -2.26. The van der Waals surface area contributed by atoms with E-state index < -0.39 is 6.04 Å². The topological polar surface area (TPSA) is 92.7 Å². The number of urea groups is 1. The van der Waals surface area contributed by atoms with Crippen LogP contribution >= 0.6 is 0 Å². The van der Waals surface area contributed by atoms with Crippen molar-refractivity contribution in [1.82, 2.24) is 15.2 Å². The fourth-order valence-corrected chi connectivity index (χ4v) is 3.74. The summed E-state index contributed by atoms with van der Waals surface area (Å²) in [5.74, 6) is 1.70. The highest BCUT2D eigenvalue weighted by Crippen LogP contribution is 2.39. The maximum atomic E-state index is 13.4. The van der Waals surface area contributed by atoms with Crippen molar-refractivity contribution in [2.24, 2.45) is 5.10 Å². The Kier molecular flexibility index (Phi) is 7.99. The highest BCUT2D eigenvalue weighted by Gasteiger charge is 2.36. The molecule has 1 aliphatic rings. The molecule has 1 heterocycles. The first-order valence-corrected chi connectivity index (χ1v) is 11.0. The van der Waals surface area contributed by atoms with Gasteiger partial charge in [-0.15, -0.1) is 0 Å². The normalized spacial score (nSPS) is 15.1. The average Bonchev–Trinajstić information content (AvgIpc) is 3.28. The van der Waals surface area contributed by atoms with Crippen molar-refractivity contribution in [1.29, 1.82) is 0 Å². The molecule has 9 heteroatoms. The van der Waals surface area contributed by atoms with Gasteiger partial charge in [-0.3, -0.25) is 4.79 Å². The number of rotatable bonds is 8. The lowest BCUT2D eigenvalue weighted by Crippen LogP contribution is -2.45. The van der Waals surface area contributed by atoms with Gasteiger partial charge in [0.1, 0.15) is 23.8 Å². The zero-order valence-corrected chi connectivity index (χ0v) is 20.5. The van der Waals surface area contributed by atoms with Gasteiger partial charge in [0.15, 0.2) is 0 Å². The molecule has 0 spiro atoms. The Morgan fingerprint density at radius 3 is 2.29 bits per heavy atom. The molecule has 34 heavy (non-hydrogen) atoms. The van der Waals surface area contributed by atoms with Crippen LogP contribution in [0.15, 0.2) is 47.6 Å². The van der Waals surface area contributed by atoms with Crippen LogP contribution in [0, 0.1) is 0 Å². The number of benzene rings is 2. The van der Waals surface area contributed by atoms with E-state index in [2.05, 4.69) is 10.4 Å². The summed E-state index contributed by atoms with van der Waals surface area (Å²) in [5, 5.41) is 8.91. The summed E-state index contributed by atoms with van der Waals surface area (Å²) in [6, 6.07) is 12.2. The third-order valence-electron chi connectivity index (χ3n) is 5.52. The van der Waals surface area contributed by atoms with E-state index in [0.29, 0.717) is 17.9 Å². The van der Waals surface area contributed by atoms with E-state index in [4.69, 9.17) is 14.2 Å². The molecule has 1 aliphatic heterocycles. The molecule has 2 aromatic carbocycles. The van der Waals surface area contributed by atoms with Crippen molar-refractivity contribution in [3.63, 3.8) is 0 Å². The van der Waals surface area contributed by atoms with Gasteiger partial charge in [0, 0.05) is 25.1 Å². The van der Waals surface area contributed by atoms with Gasteiger partial charge >= 0.3 is 6.03 Å². The third-order valence-corrected chi connectivity index (χ3v) is 5.52. The molecule has 0 saturated heterocycles. The first-order chi connectivity index (χ1) is 16.3. The summed E-state index contributed by atoms with van der Waals surface area (Å²) in [6.45, 7) is 3.61. The van der Waals surface area contributed by atoms with Crippen molar-refractivity contribution in [2.75, 3.05) is 34.9 Å². The van der Waals surface area contributed by atoms with E-state index in [1.165, 1.54) is 9.91 Å². The van der Waals surface area contributed by atoms with Gasteiger partial charge in [-0.25, -0.2) is 9.80 Å².